The molecule has 0 radical (unpaired) electrons. The Morgan fingerprint density at radius 2 is 2.14 bits per heavy atom. The molecule has 0 aliphatic rings. The molecule has 0 bridgehead atoms. The van der Waals surface area contributed by atoms with Crippen LogP contribution in [0, 0.1) is 6.92 Å². The molecular formula is C12H16N2. The summed E-state index contributed by atoms with van der Waals surface area (Å²) in [6.07, 6.45) is 2.20. The highest BCUT2D eigenvalue weighted by Crippen LogP contribution is 2.21. The van der Waals surface area contributed by atoms with Gasteiger partial charge in [0.2, 0.25) is 0 Å². The Morgan fingerprint density at radius 3 is 2.86 bits per heavy atom. The highest BCUT2D eigenvalue weighted by Gasteiger charge is 2.04. The molecule has 1 aromatic carbocycles. The maximum Gasteiger partial charge on any atom is 0.0481 e. The van der Waals surface area contributed by atoms with Gasteiger partial charge in [0, 0.05) is 30.7 Å². The van der Waals surface area contributed by atoms with Crippen molar-refractivity contribution >= 4 is 10.9 Å². The molecule has 2 heteroatoms. The van der Waals surface area contributed by atoms with E-state index in [1.807, 2.05) is 7.05 Å². The van der Waals surface area contributed by atoms with Gasteiger partial charge in [0.1, 0.15) is 0 Å². The van der Waals surface area contributed by atoms with Gasteiger partial charge in [-0.1, -0.05) is 11.6 Å². The predicted octanol–water partition coefficient (Wildman–Crippen LogP) is 2.21. The molecule has 14 heavy (non-hydrogen) atoms. The maximum absolute atomic E-state index is 3.20. The third kappa shape index (κ3) is 1.42. The van der Waals surface area contributed by atoms with Crippen LogP contribution in [0.2, 0.25) is 0 Å². The molecule has 0 amide bonds. The fraction of sp³-hybridized carbons (Fsp3) is 0.333. The number of fused-ring (bicyclic) bond motifs is 1. The van der Waals surface area contributed by atoms with E-state index in [2.05, 4.69) is 48.3 Å². The van der Waals surface area contributed by atoms with Crippen molar-refractivity contribution < 1.29 is 0 Å². The molecule has 2 aromatic rings. The van der Waals surface area contributed by atoms with Crippen LogP contribution in [0.5, 0.6) is 0 Å². The Labute approximate surface area is 84.5 Å². The van der Waals surface area contributed by atoms with Crippen LogP contribution in [-0.4, -0.2) is 11.6 Å². The third-order valence-corrected chi connectivity index (χ3v) is 2.59. The highest BCUT2D eigenvalue weighted by atomic mass is 14.9. The normalized spacial score (nSPS) is 11.1. The number of rotatable bonds is 2. The molecule has 1 N–H and O–H groups in total. The Hall–Kier alpha value is -1.28. The highest BCUT2D eigenvalue weighted by molar-refractivity contribution is 5.84. The summed E-state index contributed by atoms with van der Waals surface area (Å²) in [6, 6.07) is 6.59. The van der Waals surface area contributed by atoms with Gasteiger partial charge in [-0.3, -0.25) is 0 Å². The molecule has 0 atom stereocenters. The van der Waals surface area contributed by atoms with Crippen LogP contribution in [0.4, 0.5) is 0 Å². The van der Waals surface area contributed by atoms with E-state index in [0.29, 0.717) is 0 Å². The molecule has 1 heterocycles. The SMILES string of the molecule is CNCc1cn(C)c2ccc(C)cc12. The van der Waals surface area contributed by atoms with E-state index in [9.17, 15) is 0 Å². The fourth-order valence-electron chi connectivity index (χ4n) is 1.92. The van der Waals surface area contributed by atoms with Crippen LogP contribution in [-0.2, 0) is 13.6 Å². The number of hydrogen-bond donors (Lipinski definition) is 1. The maximum atomic E-state index is 3.20. The molecule has 0 aliphatic carbocycles. The number of benzene rings is 1. The second-order valence-electron chi connectivity index (χ2n) is 3.82. The van der Waals surface area contributed by atoms with Crippen LogP contribution in [0.1, 0.15) is 11.1 Å². The summed E-state index contributed by atoms with van der Waals surface area (Å²) in [5, 5.41) is 4.56. The average Bonchev–Trinajstić information content (AvgIpc) is 2.44. The molecule has 1 aromatic heterocycles. The number of nitrogens with one attached hydrogen (secondary N) is 1. The van der Waals surface area contributed by atoms with Gasteiger partial charge in [0.15, 0.2) is 0 Å². The van der Waals surface area contributed by atoms with Crippen molar-refractivity contribution in [2.24, 2.45) is 7.05 Å². The minimum atomic E-state index is 0.931. The second-order valence-corrected chi connectivity index (χ2v) is 3.82. The van der Waals surface area contributed by atoms with Gasteiger partial charge in [-0.05, 0) is 31.7 Å². The van der Waals surface area contributed by atoms with E-state index < -0.39 is 0 Å². The molecular weight excluding hydrogens is 172 g/mol. The van der Waals surface area contributed by atoms with Crippen molar-refractivity contribution in [2.45, 2.75) is 13.5 Å². The van der Waals surface area contributed by atoms with Crippen molar-refractivity contribution in [3.05, 3.63) is 35.5 Å². The van der Waals surface area contributed by atoms with Crippen LogP contribution in [0.3, 0.4) is 0 Å². The molecule has 2 nitrogen and oxygen atoms in total. The van der Waals surface area contributed by atoms with Crippen molar-refractivity contribution in [3.63, 3.8) is 0 Å². The summed E-state index contributed by atoms with van der Waals surface area (Å²) in [5.41, 5.74) is 4.00. The molecule has 0 aliphatic heterocycles. The van der Waals surface area contributed by atoms with Gasteiger partial charge in [0.05, 0.1) is 0 Å². The molecule has 2 rings (SSSR count). The first-order chi connectivity index (χ1) is 6.72. The summed E-state index contributed by atoms with van der Waals surface area (Å²) in [6.45, 7) is 3.07. The number of hydrogen-bond acceptors (Lipinski definition) is 1. The minimum absolute atomic E-state index is 0.931. The number of aryl methyl sites for hydroxylation is 2. The standard InChI is InChI=1S/C12H16N2/c1-9-4-5-12-11(6-9)10(7-13-2)8-14(12)3/h4-6,8,13H,7H2,1-3H3. The monoisotopic (exact) mass is 188 g/mol. The Balaban J connectivity index is 2.66. The van der Waals surface area contributed by atoms with Crippen LogP contribution >= 0.6 is 0 Å². The Bertz CT molecular complexity index is 455. The molecule has 0 unspecified atom stereocenters. The van der Waals surface area contributed by atoms with Gasteiger partial charge in [-0.2, -0.15) is 0 Å². The fourth-order valence-corrected chi connectivity index (χ4v) is 1.92. The lowest BCUT2D eigenvalue weighted by atomic mass is 10.1. The van der Waals surface area contributed by atoms with Crippen molar-refractivity contribution in [3.8, 4) is 0 Å². The van der Waals surface area contributed by atoms with Gasteiger partial charge in [-0.25, -0.2) is 0 Å². The second kappa shape index (κ2) is 3.46. The van der Waals surface area contributed by atoms with Gasteiger partial charge in [-0.15, -0.1) is 0 Å². The van der Waals surface area contributed by atoms with Crippen LogP contribution < -0.4 is 5.32 Å². The lowest BCUT2D eigenvalue weighted by molar-refractivity contribution is 0.815. The number of nitrogens with zero attached hydrogens (tertiary/aromatic N) is 1. The molecule has 0 fully saturated rings. The lowest BCUT2D eigenvalue weighted by Crippen LogP contribution is -2.04. The van der Waals surface area contributed by atoms with Crippen molar-refractivity contribution in [2.75, 3.05) is 7.05 Å². The van der Waals surface area contributed by atoms with E-state index in [1.165, 1.54) is 22.0 Å². The topological polar surface area (TPSA) is 17.0 Å². The van der Waals surface area contributed by atoms with Crippen LogP contribution in [0.25, 0.3) is 10.9 Å². The first-order valence-electron chi connectivity index (χ1n) is 4.91. The van der Waals surface area contributed by atoms with Crippen molar-refractivity contribution in [1.82, 2.24) is 9.88 Å². The third-order valence-electron chi connectivity index (χ3n) is 2.59. The zero-order valence-corrected chi connectivity index (χ0v) is 8.96. The first kappa shape index (κ1) is 9.28. The van der Waals surface area contributed by atoms with E-state index in [0.717, 1.165) is 6.54 Å². The number of aromatic nitrogens is 1. The van der Waals surface area contributed by atoms with E-state index in [1.54, 1.807) is 0 Å². The first-order valence-corrected chi connectivity index (χ1v) is 4.91. The largest absolute Gasteiger partial charge is 0.350 e. The zero-order chi connectivity index (χ0) is 10.1. The van der Waals surface area contributed by atoms with E-state index in [-0.39, 0.29) is 0 Å². The zero-order valence-electron chi connectivity index (χ0n) is 8.96. The summed E-state index contributed by atoms with van der Waals surface area (Å²) in [5.74, 6) is 0. The summed E-state index contributed by atoms with van der Waals surface area (Å²) < 4.78 is 2.18. The van der Waals surface area contributed by atoms with E-state index >= 15 is 0 Å². The predicted molar refractivity (Wildman–Crippen MR) is 60.4 cm³/mol. The molecule has 0 saturated carbocycles. The minimum Gasteiger partial charge on any atom is -0.350 e. The Kier molecular flexibility index (Phi) is 2.30. The molecule has 0 spiro atoms. The summed E-state index contributed by atoms with van der Waals surface area (Å²) >= 11 is 0. The van der Waals surface area contributed by atoms with Gasteiger partial charge in [0.25, 0.3) is 0 Å². The van der Waals surface area contributed by atoms with Gasteiger partial charge < -0.3 is 9.88 Å². The smallest absolute Gasteiger partial charge is 0.0481 e. The van der Waals surface area contributed by atoms with Gasteiger partial charge >= 0.3 is 0 Å². The van der Waals surface area contributed by atoms with E-state index in [4.69, 9.17) is 0 Å². The van der Waals surface area contributed by atoms with Crippen molar-refractivity contribution in [1.29, 1.82) is 0 Å². The van der Waals surface area contributed by atoms with Crippen LogP contribution in [0.15, 0.2) is 24.4 Å². The summed E-state index contributed by atoms with van der Waals surface area (Å²) in [7, 11) is 4.07. The molecule has 0 saturated heterocycles. The summed E-state index contributed by atoms with van der Waals surface area (Å²) in [4.78, 5) is 0. The lowest BCUT2D eigenvalue weighted by Gasteiger charge is -1.98. The Morgan fingerprint density at radius 1 is 1.36 bits per heavy atom. The quantitative estimate of drug-likeness (QED) is 0.764. The molecule has 74 valence electrons. The average molecular weight is 188 g/mol.